The lowest BCUT2D eigenvalue weighted by Gasteiger charge is -2.11. The maximum Gasteiger partial charge on any atom is 0.224 e. The van der Waals surface area contributed by atoms with E-state index in [0.717, 1.165) is 11.4 Å². The number of aromatic nitrogens is 3. The number of anilines is 1. The first-order chi connectivity index (χ1) is 11.8. The predicted octanol–water partition coefficient (Wildman–Crippen LogP) is 3.07. The molecule has 1 amide bonds. The summed E-state index contributed by atoms with van der Waals surface area (Å²) in [5.74, 6) is 0.758. The molecular weight excluding hydrogens is 304 g/mol. The molecule has 0 atom stereocenters. The van der Waals surface area contributed by atoms with Crippen molar-refractivity contribution in [3.8, 4) is 11.4 Å². The van der Waals surface area contributed by atoms with E-state index in [2.05, 4.69) is 15.4 Å². The summed E-state index contributed by atoms with van der Waals surface area (Å²) in [4.78, 5) is 16.1. The molecule has 1 aromatic heterocycles. The van der Waals surface area contributed by atoms with Crippen LogP contribution in [-0.2, 0) is 4.79 Å². The second kappa shape index (κ2) is 7.92. The van der Waals surface area contributed by atoms with Gasteiger partial charge in [0.1, 0.15) is 18.4 Å². The van der Waals surface area contributed by atoms with Crippen molar-refractivity contribution in [1.29, 1.82) is 0 Å². The molecule has 0 radical (unpaired) electrons. The van der Waals surface area contributed by atoms with Gasteiger partial charge in [-0.25, -0.2) is 9.67 Å². The van der Waals surface area contributed by atoms with Gasteiger partial charge in [0.25, 0.3) is 0 Å². The van der Waals surface area contributed by atoms with Gasteiger partial charge in [-0.15, -0.1) is 0 Å². The first-order valence-electron chi connectivity index (χ1n) is 7.74. The van der Waals surface area contributed by atoms with E-state index < -0.39 is 0 Å². The zero-order valence-electron chi connectivity index (χ0n) is 13.1. The van der Waals surface area contributed by atoms with E-state index in [4.69, 9.17) is 4.74 Å². The van der Waals surface area contributed by atoms with Gasteiger partial charge in [0, 0.05) is 6.42 Å². The number of ether oxygens (including phenoxy) is 1. The van der Waals surface area contributed by atoms with E-state index in [1.165, 1.54) is 6.33 Å². The molecule has 0 fully saturated rings. The first kappa shape index (κ1) is 15.7. The molecule has 6 nitrogen and oxygen atoms in total. The second-order valence-electron chi connectivity index (χ2n) is 5.17. The number of benzene rings is 2. The summed E-state index contributed by atoms with van der Waals surface area (Å²) < 4.78 is 7.21. The van der Waals surface area contributed by atoms with Crippen LogP contribution in [0.3, 0.4) is 0 Å². The molecule has 3 aromatic rings. The highest BCUT2D eigenvalue weighted by molar-refractivity contribution is 5.92. The summed E-state index contributed by atoms with van der Waals surface area (Å²) in [6.45, 7) is 0.502. The molecule has 122 valence electrons. The Morgan fingerprint density at radius 2 is 1.88 bits per heavy atom. The number of carbonyl (C=O) groups excluding carboxylic acids is 1. The largest absolute Gasteiger partial charge is 0.494 e. The molecule has 0 saturated heterocycles. The Hall–Kier alpha value is -3.15. The fraction of sp³-hybridized carbons (Fsp3) is 0.167. The van der Waals surface area contributed by atoms with Crippen molar-refractivity contribution in [2.75, 3.05) is 11.9 Å². The average Bonchev–Trinajstić information content (AvgIpc) is 3.15. The van der Waals surface area contributed by atoms with Crippen molar-refractivity contribution in [3.05, 3.63) is 67.3 Å². The molecule has 0 aliphatic carbocycles. The number of hydrogen-bond donors (Lipinski definition) is 1. The van der Waals surface area contributed by atoms with Crippen molar-refractivity contribution in [3.63, 3.8) is 0 Å². The summed E-state index contributed by atoms with van der Waals surface area (Å²) >= 11 is 0. The summed E-state index contributed by atoms with van der Waals surface area (Å²) in [5.41, 5.74) is 1.49. The summed E-state index contributed by atoms with van der Waals surface area (Å²) in [7, 11) is 0. The highest BCUT2D eigenvalue weighted by Gasteiger charge is 2.08. The Labute approximate surface area is 140 Å². The van der Waals surface area contributed by atoms with E-state index in [1.54, 1.807) is 11.0 Å². The Morgan fingerprint density at radius 3 is 2.67 bits per heavy atom. The molecule has 6 heteroatoms. The monoisotopic (exact) mass is 322 g/mol. The molecule has 1 N–H and O–H groups in total. The lowest BCUT2D eigenvalue weighted by Crippen LogP contribution is -2.14. The van der Waals surface area contributed by atoms with Gasteiger partial charge >= 0.3 is 0 Å². The van der Waals surface area contributed by atoms with Crippen LogP contribution in [0.15, 0.2) is 67.3 Å². The Balaban J connectivity index is 1.51. The number of para-hydroxylation sites is 3. The van der Waals surface area contributed by atoms with Gasteiger partial charge in [-0.05, 0) is 30.7 Å². The van der Waals surface area contributed by atoms with Gasteiger partial charge in [0.15, 0.2) is 0 Å². The molecule has 0 bridgehead atoms. The number of amides is 1. The van der Waals surface area contributed by atoms with Crippen LogP contribution in [0.2, 0.25) is 0 Å². The molecule has 3 rings (SSSR count). The number of nitrogens with one attached hydrogen (secondary N) is 1. The quantitative estimate of drug-likeness (QED) is 0.679. The molecule has 24 heavy (non-hydrogen) atoms. The maximum atomic E-state index is 12.1. The van der Waals surface area contributed by atoms with E-state index in [-0.39, 0.29) is 5.91 Å². The van der Waals surface area contributed by atoms with Gasteiger partial charge < -0.3 is 10.1 Å². The van der Waals surface area contributed by atoms with E-state index in [1.807, 2.05) is 54.6 Å². The lowest BCUT2D eigenvalue weighted by molar-refractivity contribution is -0.116. The molecule has 0 saturated carbocycles. The van der Waals surface area contributed by atoms with Gasteiger partial charge in [-0.3, -0.25) is 4.79 Å². The third kappa shape index (κ3) is 4.19. The molecule has 0 aliphatic rings. The number of hydrogen-bond acceptors (Lipinski definition) is 4. The van der Waals surface area contributed by atoms with Crippen LogP contribution in [0.25, 0.3) is 5.69 Å². The van der Waals surface area contributed by atoms with Crippen LogP contribution >= 0.6 is 0 Å². The van der Waals surface area contributed by atoms with Crippen molar-refractivity contribution in [1.82, 2.24) is 14.8 Å². The van der Waals surface area contributed by atoms with Crippen LogP contribution in [0, 0.1) is 0 Å². The van der Waals surface area contributed by atoms with Gasteiger partial charge in [-0.1, -0.05) is 30.3 Å². The fourth-order valence-electron chi connectivity index (χ4n) is 2.26. The minimum absolute atomic E-state index is 0.0563. The second-order valence-corrected chi connectivity index (χ2v) is 5.17. The zero-order valence-corrected chi connectivity index (χ0v) is 13.1. The summed E-state index contributed by atoms with van der Waals surface area (Å²) in [6, 6.07) is 17.1. The standard InChI is InChI=1S/C18H18N4O2/c23-18(11-6-12-24-15-7-2-1-3-8-15)21-16-9-4-5-10-17(16)22-14-19-13-20-22/h1-5,7-10,13-14H,6,11-12H2,(H,21,23). The third-order valence-corrected chi connectivity index (χ3v) is 3.40. The third-order valence-electron chi connectivity index (χ3n) is 3.40. The highest BCUT2D eigenvalue weighted by atomic mass is 16.5. The number of rotatable bonds is 7. The molecule has 0 unspecified atom stereocenters. The highest BCUT2D eigenvalue weighted by Crippen LogP contribution is 2.19. The van der Waals surface area contributed by atoms with Gasteiger partial charge in [0.05, 0.1) is 18.0 Å². The summed E-state index contributed by atoms with van der Waals surface area (Å²) in [6.07, 6.45) is 4.09. The van der Waals surface area contributed by atoms with Gasteiger partial charge in [-0.2, -0.15) is 5.10 Å². The van der Waals surface area contributed by atoms with Crippen molar-refractivity contribution < 1.29 is 9.53 Å². The van der Waals surface area contributed by atoms with E-state index in [9.17, 15) is 4.79 Å². The average molecular weight is 322 g/mol. The van der Waals surface area contributed by atoms with Crippen LogP contribution < -0.4 is 10.1 Å². The maximum absolute atomic E-state index is 12.1. The van der Waals surface area contributed by atoms with Crippen molar-refractivity contribution in [2.24, 2.45) is 0 Å². The van der Waals surface area contributed by atoms with E-state index >= 15 is 0 Å². The normalized spacial score (nSPS) is 10.3. The van der Waals surface area contributed by atoms with E-state index in [0.29, 0.717) is 25.1 Å². The lowest BCUT2D eigenvalue weighted by atomic mass is 10.2. The van der Waals surface area contributed by atoms with Crippen LogP contribution in [0.4, 0.5) is 5.69 Å². The topological polar surface area (TPSA) is 69.0 Å². The summed E-state index contributed by atoms with van der Waals surface area (Å²) in [5, 5.41) is 7.01. The zero-order chi connectivity index (χ0) is 16.6. The minimum atomic E-state index is -0.0563. The Kier molecular flexibility index (Phi) is 5.19. The predicted molar refractivity (Wildman–Crippen MR) is 91.2 cm³/mol. The molecule has 0 aliphatic heterocycles. The minimum Gasteiger partial charge on any atom is -0.494 e. The fourth-order valence-corrected chi connectivity index (χ4v) is 2.26. The molecule has 2 aromatic carbocycles. The van der Waals surface area contributed by atoms with Crippen molar-refractivity contribution in [2.45, 2.75) is 12.8 Å². The van der Waals surface area contributed by atoms with Crippen LogP contribution in [0.1, 0.15) is 12.8 Å². The SMILES string of the molecule is O=C(CCCOc1ccccc1)Nc1ccccc1-n1cncn1. The Bertz CT molecular complexity index is 773. The van der Waals surface area contributed by atoms with Crippen LogP contribution in [-0.4, -0.2) is 27.3 Å². The first-order valence-corrected chi connectivity index (χ1v) is 7.74. The number of carbonyl (C=O) groups is 1. The smallest absolute Gasteiger partial charge is 0.224 e. The number of nitrogens with zero attached hydrogens (tertiary/aromatic N) is 3. The molecular formula is C18H18N4O2. The van der Waals surface area contributed by atoms with Crippen LogP contribution in [0.5, 0.6) is 5.75 Å². The Morgan fingerprint density at radius 1 is 1.08 bits per heavy atom. The van der Waals surface area contributed by atoms with Gasteiger partial charge in [0.2, 0.25) is 5.91 Å². The van der Waals surface area contributed by atoms with Crippen molar-refractivity contribution >= 4 is 11.6 Å². The molecule has 1 heterocycles. The molecule has 0 spiro atoms.